The first-order valence-electron chi connectivity index (χ1n) is 6.40. The lowest BCUT2D eigenvalue weighted by molar-refractivity contribution is 0.496. The van der Waals surface area contributed by atoms with Crippen molar-refractivity contribution < 1.29 is 8.78 Å². The Balaban J connectivity index is 2.01. The summed E-state index contributed by atoms with van der Waals surface area (Å²) >= 11 is 0. The van der Waals surface area contributed by atoms with Crippen LogP contribution in [0.5, 0.6) is 0 Å². The monoisotopic (exact) mass is 272 g/mol. The Morgan fingerprint density at radius 3 is 2.70 bits per heavy atom. The maximum absolute atomic E-state index is 13.7. The van der Waals surface area contributed by atoms with E-state index in [1.807, 2.05) is 35.0 Å². The van der Waals surface area contributed by atoms with E-state index in [1.54, 1.807) is 6.07 Å². The summed E-state index contributed by atoms with van der Waals surface area (Å²) in [5.41, 5.74) is 7.97. The van der Waals surface area contributed by atoms with E-state index in [4.69, 9.17) is 5.73 Å². The molecule has 0 saturated heterocycles. The summed E-state index contributed by atoms with van der Waals surface area (Å²) in [5.74, 6) is -1.60. The zero-order valence-corrected chi connectivity index (χ0v) is 10.8. The van der Waals surface area contributed by atoms with Crippen LogP contribution in [0.2, 0.25) is 0 Å². The predicted molar refractivity (Wildman–Crippen MR) is 75.3 cm³/mol. The van der Waals surface area contributed by atoms with Crippen LogP contribution in [0.4, 0.5) is 8.78 Å². The van der Waals surface area contributed by atoms with E-state index >= 15 is 0 Å². The summed E-state index contributed by atoms with van der Waals surface area (Å²) in [6.45, 7) is 0.786. The van der Waals surface area contributed by atoms with Gasteiger partial charge in [-0.25, -0.2) is 8.78 Å². The van der Waals surface area contributed by atoms with Gasteiger partial charge >= 0.3 is 0 Å². The fraction of sp³-hybridized carbons (Fsp3) is 0.125. The van der Waals surface area contributed by atoms with Gasteiger partial charge in [-0.05, 0) is 35.2 Å². The van der Waals surface area contributed by atoms with Crippen LogP contribution >= 0.6 is 0 Å². The molecule has 3 rings (SSSR count). The summed E-state index contributed by atoms with van der Waals surface area (Å²) in [6.07, 6.45) is 1.87. The van der Waals surface area contributed by atoms with Crippen LogP contribution < -0.4 is 5.73 Å². The van der Waals surface area contributed by atoms with Gasteiger partial charge < -0.3 is 10.3 Å². The van der Waals surface area contributed by atoms with Gasteiger partial charge in [-0.1, -0.05) is 18.2 Å². The molecule has 0 atom stereocenters. The Morgan fingerprint density at radius 2 is 1.90 bits per heavy atom. The molecule has 0 saturated carbocycles. The lowest BCUT2D eigenvalue weighted by Crippen LogP contribution is -2.02. The van der Waals surface area contributed by atoms with Crippen molar-refractivity contribution in [1.29, 1.82) is 0 Å². The molecule has 4 heteroatoms. The number of hydrogen-bond acceptors (Lipinski definition) is 1. The number of rotatable bonds is 3. The second kappa shape index (κ2) is 5.06. The molecular formula is C16H14F2N2. The normalized spacial score (nSPS) is 11.2. The first-order chi connectivity index (χ1) is 9.69. The molecule has 0 bridgehead atoms. The fourth-order valence-electron chi connectivity index (χ4n) is 2.37. The van der Waals surface area contributed by atoms with Crippen molar-refractivity contribution in [2.45, 2.75) is 13.1 Å². The molecule has 0 amide bonds. The number of nitrogens with two attached hydrogens (primary N) is 1. The minimum atomic E-state index is -0.815. The van der Waals surface area contributed by atoms with Gasteiger partial charge in [0.25, 0.3) is 0 Å². The second-order valence-electron chi connectivity index (χ2n) is 4.75. The predicted octanol–water partition coefficient (Wildman–Crippen LogP) is 3.43. The lowest BCUT2D eigenvalue weighted by Gasteiger charge is -2.08. The smallest absolute Gasteiger partial charge is 0.163 e. The molecule has 1 heterocycles. The van der Waals surface area contributed by atoms with E-state index in [9.17, 15) is 8.78 Å². The van der Waals surface area contributed by atoms with Crippen LogP contribution in [0, 0.1) is 11.6 Å². The summed E-state index contributed by atoms with van der Waals surface area (Å²) in [5, 5.41) is 1.05. The molecular weight excluding hydrogens is 258 g/mol. The SMILES string of the molecule is NCc1ccc2c(ccn2Cc2cccc(F)c2F)c1. The Kier molecular flexibility index (Phi) is 3.24. The van der Waals surface area contributed by atoms with Gasteiger partial charge in [0.15, 0.2) is 11.6 Å². The maximum atomic E-state index is 13.7. The van der Waals surface area contributed by atoms with E-state index in [0.717, 1.165) is 22.5 Å². The number of halogens is 2. The molecule has 0 radical (unpaired) electrons. The Bertz CT molecular complexity index is 762. The van der Waals surface area contributed by atoms with Crippen molar-refractivity contribution in [1.82, 2.24) is 4.57 Å². The van der Waals surface area contributed by atoms with Crippen LogP contribution in [0.25, 0.3) is 10.9 Å². The quantitative estimate of drug-likeness (QED) is 0.778. The van der Waals surface area contributed by atoms with Crippen LogP contribution in [0.15, 0.2) is 48.7 Å². The van der Waals surface area contributed by atoms with Crippen molar-refractivity contribution in [3.63, 3.8) is 0 Å². The van der Waals surface area contributed by atoms with Crippen molar-refractivity contribution in [2.24, 2.45) is 5.73 Å². The van der Waals surface area contributed by atoms with Gasteiger partial charge in [-0.2, -0.15) is 0 Å². The average molecular weight is 272 g/mol. The summed E-state index contributed by atoms with van der Waals surface area (Å²) in [6, 6.07) is 12.1. The summed E-state index contributed by atoms with van der Waals surface area (Å²) in [4.78, 5) is 0. The van der Waals surface area contributed by atoms with Crippen LogP contribution in [-0.2, 0) is 13.1 Å². The van der Waals surface area contributed by atoms with Gasteiger partial charge in [0, 0.05) is 23.8 Å². The average Bonchev–Trinajstić information content (AvgIpc) is 2.86. The molecule has 0 aliphatic heterocycles. The first-order valence-corrected chi connectivity index (χ1v) is 6.40. The van der Waals surface area contributed by atoms with Gasteiger partial charge in [0.1, 0.15) is 0 Å². The lowest BCUT2D eigenvalue weighted by atomic mass is 10.1. The standard InChI is InChI=1S/C16H14F2N2/c17-14-3-1-2-13(16(14)18)10-20-7-6-12-8-11(9-19)4-5-15(12)20/h1-8H,9-10,19H2. The molecule has 0 unspecified atom stereocenters. The molecule has 0 aliphatic carbocycles. The fourth-order valence-corrected chi connectivity index (χ4v) is 2.37. The number of hydrogen-bond donors (Lipinski definition) is 1. The molecule has 3 aromatic rings. The highest BCUT2D eigenvalue weighted by Crippen LogP contribution is 2.20. The zero-order valence-electron chi connectivity index (χ0n) is 10.8. The van der Waals surface area contributed by atoms with Gasteiger partial charge in [0.05, 0.1) is 6.54 Å². The van der Waals surface area contributed by atoms with Crippen LogP contribution in [-0.4, -0.2) is 4.57 Å². The molecule has 102 valence electrons. The number of fused-ring (bicyclic) bond motifs is 1. The van der Waals surface area contributed by atoms with Gasteiger partial charge in [-0.3, -0.25) is 0 Å². The van der Waals surface area contributed by atoms with Gasteiger partial charge in [-0.15, -0.1) is 0 Å². The number of benzene rings is 2. The Morgan fingerprint density at radius 1 is 1.05 bits per heavy atom. The molecule has 0 fully saturated rings. The highest BCUT2D eigenvalue weighted by Gasteiger charge is 2.09. The Hall–Kier alpha value is -2.20. The second-order valence-corrected chi connectivity index (χ2v) is 4.75. The molecule has 2 aromatic carbocycles. The molecule has 2 nitrogen and oxygen atoms in total. The molecule has 0 aliphatic rings. The molecule has 20 heavy (non-hydrogen) atoms. The van der Waals surface area contributed by atoms with Crippen molar-refractivity contribution in [2.75, 3.05) is 0 Å². The van der Waals surface area contributed by atoms with Gasteiger partial charge in [0.2, 0.25) is 0 Å². The van der Waals surface area contributed by atoms with E-state index in [-0.39, 0.29) is 0 Å². The zero-order chi connectivity index (χ0) is 14.1. The van der Waals surface area contributed by atoms with Crippen LogP contribution in [0.1, 0.15) is 11.1 Å². The summed E-state index contributed by atoms with van der Waals surface area (Å²) in [7, 11) is 0. The molecule has 0 spiro atoms. The Labute approximate surface area is 115 Å². The van der Waals surface area contributed by atoms with E-state index in [2.05, 4.69) is 0 Å². The third-order valence-electron chi connectivity index (χ3n) is 3.44. The highest BCUT2D eigenvalue weighted by atomic mass is 19.2. The third-order valence-corrected chi connectivity index (χ3v) is 3.44. The first kappa shape index (κ1) is 12.8. The number of aromatic nitrogens is 1. The van der Waals surface area contributed by atoms with Crippen molar-refractivity contribution in [3.05, 3.63) is 71.4 Å². The maximum Gasteiger partial charge on any atom is 0.163 e. The van der Waals surface area contributed by atoms with Crippen LogP contribution in [0.3, 0.4) is 0 Å². The largest absolute Gasteiger partial charge is 0.343 e. The highest BCUT2D eigenvalue weighted by molar-refractivity contribution is 5.81. The topological polar surface area (TPSA) is 30.9 Å². The van der Waals surface area contributed by atoms with E-state index in [1.165, 1.54) is 6.07 Å². The number of nitrogens with zero attached hydrogens (tertiary/aromatic N) is 1. The van der Waals surface area contributed by atoms with E-state index in [0.29, 0.717) is 18.7 Å². The molecule has 2 N–H and O–H groups in total. The third kappa shape index (κ3) is 2.18. The van der Waals surface area contributed by atoms with Crippen molar-refractivity contribution >= 4 is 10.9 Å². The minimum absolute atomic E-state index is 0.301. The van der Waals surface area contributed by atoms with Crippen molar-refractivity contribution in [3.8, 4) is 0 Å². The minimum Gasteiger partial charge on any atom is -0.343 e. The summed E-state index contributed by atoms with van der Waals surface area (Å²) < 4.78 is 28.8. The van der Waals surface area contributed by atoms with E-state index < -0.39 is 11.6 Å². The molecule has 1 aromatic heterocycles.